The number of anilines is 1. The van der Waals surface area contributed by atoms with Gasteiger partial charge in [0.25, 0.3) is 0 Å². The zero-order valence-electron chi connectivity index (χ0n) is 12.8. The molecule has 1 aliphatic heterocycles. The Hall–Kier alpha value is -2.48. The number of nitrogens with zero attached hydrogens (tertiary/aromatic N) is 1. The first-order valence-corrected chi connectivity index (χ1v) is 7.61. The summed E-state index contributed by atoms with van der Waals surface area (Å²) in [6, 6.07) is 7.43. The minimum absolute atomic E-state index is 0.191. The average molecular weight is 299 g/mol. The lowest BCUT2D eigenvalue weighted by Gasteiger charge is -2.26. The van der Waals surface area contributed by atoms with Gasteiger partial charge in [-0.2, -0.15) is 0 Å². The molecule has 5 nitrogen and oxygen atoms in total. The van der Waals surface area contributed by atoms with Crippen LogP contribution >= 0.6 is 0 Å². The fourth-order valence-electron chi connectivity index (χ4n) is 2.30. The lowest BCUT2D eigenvalue weighted by Crippen LogP contribution is -2.35. The molecule has 0 spiro atoms. The molecular weight excluding hydrogens is 278 g/mol. The molecule has 0 saturated carbocycles. The van der Waals surface area contributed by atoms with E-state index in [4.69, 9.17) is 0 Å². The molecular formula is C17H21N3O2. The van der Waals surface area contributed by atoms with Crippen LogP contribution in [0, 0.1) is 11.8 Å². The molecule has 2 rings (SSSR count). The molecule has 3 amide bonds. The van der Waals surface area contributed by atoms with Gasteiger partial charge in [-0.1, -0.05) is 11.8 Å². The van der Waals surface area contributed by atoms with Crippen LogP contribution in [-0.2, 0) is 4.79 Å². The third-order valence-electron chi connectivity index (χ3n) is 3.41. The van der Waals surface area contributed by atoms with E-state index in [-0.39, 0.29) is 11.9 Å². The Morgan fingerprint density at radius 1 is 1.23 bits per heavy atom. The van der Waals surface area contributed by atoms with Gasteiger partial charge >= 0.3 is 6.03 Å². The minimum atomic E-state index is -0.212. The van der Waals surface area contributed by atoms with E-state index < -0.39 is 0 Å². The number of urea groups is 1. The van der Waals surface area contributed by atoms with Crippen molar-refractivity contribution in [3.05, 3.63) is 29.8 Å². The third-order valence-corrected chi connectivity index (χ3v) is 3.41. The first-order chi connectivity index (χ1) is 10.7. The molecule has 0 aromatic heterocycles. The quantitative estimate of drug-likeness (QED) is 0.837. The molecule has 116 valence electrons. The van der Waals surface area contributed by atoms with E-state index in [1.165, 1.54) is 0 Å². The molecule has 2 N–H and O–H groups in total. The predicted molar refractivity (Wildman–Crippen MR) is 86.6 cm³/mol. The van der Waals surface area contributed by atoms with Crippen LogP contribution in [0.25, 0.3) is 0 Å². The van der Waals surface area contributed by atoms with E-state index >= 15 is 0 Å². The van der Waals surface area contributed by atoms with Crippen molar-refractivity contribution in [1.82, 2.24) is 10.6 Å². The summed E-state index contributed by atoms with van der Waals surface area (Å²) < 4.78 is 0. The summed E-state index contributed by atoms with van der Waals surface area (Å²) in [5, 5.41) is 5.28. The monoisotopic (exact) mass is 299 g/mol. The molecule has 1 aromatic rings. The number of benzene rings is 1. The summed E-state index contributed by atoms with van der Waals surface area (Å²) in [4.78, 5) is 24.9. The minimum Gasteiger partial charge on any atom is -0.338 e. The van der Waals surface area contributed by atoms with Crippen molar-refractivity contribution in [1.29, 1.82) is 0 Å². The number of carbonyl (C=O) groups is 2. The van der Waals surface area contributed by atoms with Crippen LogP contribution in [0.4, 0.5) is 10.5 Å². The van der Waals surface area contributed by atoms with Gasteiger partial charge in [-0.25, -0.2) is 4.79 Å². The van der Waals surface area contributed by atoms with Crippen LogP contribution in [0.15, 0.2) is 24.3 Å². The largest absolute Gasteiger partial charge is 0.338 e. The van der Waals surface area contributed by atoms with Gasteiger partial charge in [-0.3, -0.25) is 4.79 Å². The van der Waals surface area contributed by atoms with Crippen molar-refractivity contribution in [2.24, 2.45) is 0 Å². The van der Waals surface area contributed by atoms with E-state index in [0.29, 0.717) is 19.5 Å². The van der Waals surface area contributed by atoms with Gasteiger partial charge in [0.2, 0.25) is 5.91 Å². The van der Waals surface area contributed by atoms with Crippen molar-refractivity contribution in [3.63, 3.8) is 0 Å². The second-order valence-corrected chi connectivity index (χ2v) is 5.06. The summed E-state index contributed by atoms with van der Waals surface area (Å²) in [5.74, 6) is 6.07. The summed E-state index contributed by atoms with van der Waals surface area (Å²) >= 11 is 0. The molecule has 1 heterocycles. The highest BCUT2D eigenvalue weighted by atomic mass is 16.2. The second kappa shape index (κ2) is 8.08. The van der Waals surface area contributed by atoms with Crippen molar-refractivity contribution < 1.29 is 9.59 Å². The first-order valence-electron chi connectivity index (χ1n) is 7.61. The molecule has 1 aliphatic rings. The van der Waals surface area contributed by atoms with Crippen molar-refractivity contribution in [2.45, 2.75) is 26.2 Å². The molecule has 0 bridgehead atoms. The number of amides is 3. The van der Waals surface area contributed by atoms with Gasteiger partial charge in [-0.15, -0.1) is 0 Å². The summed E-state index contributed by atoms with van der Waals surface area (Å²) in [6.07, 6.45) is 2.67. The number of hydrogen-bond acceptors (Lipinski definition) is 2. The van der Waals surface area contributed by atoms with E-state index in [1.807, 2.05) is 36.1 Å². The standard InChI is InChI=1S/C17H21N3O2/c1-2-18-17(22)19-12-5-6-14-8-10-15(11-9-14)20-13-4-3-7-16(20)21/h8-11H,2-4,7,12-13H2,1H3,(H2,18,19,22). The normalized spacial score (nSPS) is 14.0. The Morgan fingerprint density at radius 3 is 2.68 bits per heavy atom. The lowest BCUT2D eigenvalue weighted by atomic mass is 10.1. The predicted octanol–water partition coefficient (Wildman–Crippen LogP) is 1.87. The van der Waals surface area contributed by atoms with Crippen LogP contribution < -0.4 is 15.5 Å². The Morgan fingerprint density at radius 2 is 2.00 bits per heavy atom. The van der Waals surface area contributed by atoms with Gasteiger partial charge in [0.1, 0.15) is 0 Å². The third kappa shape index (κ3) is 4.52. The SMILES string of the molecule is CCNC(=O)NCC#Cc1ccc(N2CCCCC2=O)cc1. The van der Waals surface area contributed by atoms with Crippen LogP contribution in [0.2, 0.25) is 0 Å². The zero-order chi connectivity index (χ0) is 15.8. The molecule has 0 radical (unpaired) electrons. The fraction of sp³-hybridized carbons (Fsp3) is 0.412. The van der Waals surface area contributed by atoms with Crippen molar-refractivity contribution in [2.75, 3.05) is 24.5 Å². The number of piperidine rings is 1. The summed E-state index contributed by atoms with van der Waals surface area (Å²) in [7, 11) is 0. The van der Waals surface area contributed by atoms with Crippen LogP contribution in [0.1, 0.15) is 31.7 Å². The smallest absolute Gasteiger partial charge is 0.315 e. The summed E-state index contributed by atoms with van der Waals surface area (Å²) in [6.45, 7) is 3.55. The van der Waals surface area contributed by atoms with Gasteiger partial charge < -0.3 is 15.5 Å². The van der Waals surface area contributed by atoms with Crippen molar-refractivity contribution >= 4 is 17.6 Å². The Labute approximate surface area is 131 Å². The second-order valence-electron chi connectivity index (χ2n) is 5.06. The maximum absolute atomic E-state index is 11.9. The van der Waals surface area contributed by atoms with E-state index in [9.17, 15) is 9.59 Å². The summed E-state index contributed by atoms with van der Waals surface area (Å²) in [5.41, 5.74) is 1.79. The van der Waals surface area contributed by atoms with Gasteiger partial charge in [-0.05, 0) is 44.0 Å². The Bertz CT molecular complexity index is 584. The molecule has 0 aliphatic carbocycles. The van der Waals surface area contributed by atoms with E-state index in [0.717, 1.165) is 30.6 Å². The Kier molecular flexibility index (Phi) is 5.84. The van der Waals surface area contributed by atoms with Crippen LogP contribution in [0.5, 0.6) is 0 Å². The van der Waals surface area contributed by atoms with Crippen molar-refractivity contribution in [3.8, 4) is 11.8 Å². The van der Waals surface area contributed by atoms with Gasteiger partial charge in [0, 0.05) is 30.8 Å². The number of carbonyl (C=O) groups excluding carboxylic acids is 2. The molecule has 1 saturated heterocycles. The van der Waals surface area contributed by atoms with E-state index in [1.54, 1.807) is 0 Å². The van der Waals surface area contributed by atoms with Crippen LogP contribution in [0.3, 0.4) is 0 Å². The zero-order valence-corrected chi connectivity index (χ0v) is 12.8. The lowest BCUT2D eigenvalue weighted by molar-refractivity contribution is -0.119. The van der Waals surface area contributed by atoms with Gasteiger partial charge in [0.15, 0.2) is 0 Å². The maximum atomic E-state index is 11.9. The highest BCUT2D eigenvalue weighted by Crippen LogP contribution is 2.20. The molecule has 1 aromatic carbocycles. The molecule has 0 atom stereocenters. The molecule has 5 heteroatoms. The molecule has 0 unspecified atom stereocenters. The van der Waals surface area contributed by atoms with Crippen LogP contribution in [-0.4, -0.2) is 31.6 Å². The van der Waals surface area contributed by atoms with E-state index in [2.05, 4.69) is 22.5 Å². The highest BCUT2D eigenvalue weighted by Gasteiger charge is 2.18. The Balaban J connectivity index is 1.89. The first kappa shape index (κ1) is 15.9. The number of rotatable bonds is 3. The number of nitrogens with one attached hydrogen (secondary N) is 2. The van der Waals surface area contributed by atoms with Gasteiger partial charge in [0.05, 0.1) is 6.54 Å². The highest BCUT2D eigenvalue weighted by molar-refractivity contribution is 5.94. The number of hydrogen-bond donors (Lipinski definition) is 2. The maximum Gasteiger partial charge on any atom is 0.315 e. The fourth-order valence-corrected chi connectivity index (χ4v) is 2.30. The molecule has 1 fully saturated rings. The average Bonchev–Trinajstić information content (AvgIpc) is 2.53. The molecule has 22 heavy (non-hydrogen) atoms. The topological polar surface area (TPSA) is 61.4 Å².